The van der Waals surface area contributed by atoms with Crippen LogP contribution in [0.25, 0.3) is 0 Å². The van der Waals surface area contributed by atoms with Crippen molar-refractivity contribution in [2.75, 3.05) is 0 Å². The summed E-state index contributed by atoms with van der Waals surface area (Å²) < 4.78 is 18.5. The number of aliphatic carboxylic acids is 1. The Labute approximate surface area is 166 Å². The van der Waals surface area contributed by atoms with Gasteiger partial charge in [-0.1, -0.05) is 42.5 Å². The number of aliphatic hydroxyl groups excluding tert-OH is 1. The minimum absolute atomic E-state index is 0.0240. The Balaban J connectivity index is 1.69. The van der Waals surface area contributed by atoms with Gasteiger partial charge in [-0.2, -0.15) is 0 Å². The van der Waals surface area contributed by atoms with Gasteiger partial charge in [0.05, 0.1) is 5.57 Å². The Morgan fingerprint density at radius 2 is 1.76 bits per heavy atom. The number of carboxylic acid groups (broad SMARTS) is 1. The number of hydrogen-bond donors (Lipinski definition) is 4. The SMILES string of the molecule is O=C(O)C1=C(OCc2ccccc2)C(O)C(C(=O)NCc2ccc(F)cc2)=CN1. The van der Waals surface area contributed by atoms with E-state index in [9.17, 15) is 24.2 Å². The second-order valence-electron chi connectivity index (χ2n) is 6.27. The number of benzene rings is 2. The van der Waals surface area contributed by atoms with Crippen molar-refractivity contribution in [1.29, 1.82) is 0 Å². The molecule has 0 aliphatic carbocycles. The monoisotopic (exact) mass is 398 g/mol. The summed E-state index contributed by atoms with van der Waals surface area (Å²) in [6, 6.07) is 14.6. The van der Waals surface area contributed by atoms with Gasteiger partial charge in [-0.25, -0.2) is 9.18 Å². The number of ether oxygens (including phenoxy) is 1. The topological polar surface area (TPSA) is 108 Å². The second-order valence-corrected chi connectivity index (χ2v) is 6.27. The van der Waals surface area contributed by atoms with E-state index >= 15 is 0 Å². The van der Waals surface area contributed by atoms with Gasteiger partial charge < -0.3 is 25.6 Å². The predicted octanol–water partition coefficient (Wildman–Crippen LogP) is 1.80. The fraction of sp³-hybridized carbons (Fsp3) is 0.143. The second kappa shape index (κ2) is 9.03. The van der Waals surface area contributed by atoms with Crippen molar-refractivity contribution in [2.24, 2.45) is 0 Å². The van der Waals surface area contributed by atoms with E-state index in [0.29, 0.717) is 5.56 Å². The maximum atomic E-state index is 13.0. The highest BCUT2D eigenvalue weighted by Crippen LogP contribution is 2.23. The van der Waals surface area contributed by atoms with Crippen molar-refractivity contribution in [1.82, 2.24) is 10.6 Å². The maximum absolute atomic E-state index is 13.0. The number of aliphatic hydroxyl groups is 1. The molecule has 1 aliphatic heterocycles. The molecule has 1 heterocycles. The molecule has 0 spiro atoms. The molecule has 1 unspecified atom stereocenters. The molecule has 0 radical (unpaired) electrons. The van der Waals surface area contributed by atoms with E-state index in [4.69, 9.17) is 4.74 Å². The van der Waals surface area contributed by atoms with Crippen LogP contribution in [0.15, 0.2) is 77.8 Å². The average Bonchev–Trinajstić information content (AvgIpc) is 2.72. The van der Waals surface area contributed by atoms with Crippen molar-refractivity contribution in [3.8, 4) is 0 Å². The van der Waals surface area contributed by atoms with E-state index in [-0.39, 0.29) is 36.0 Å². The number of rotatable bonds is 7. The molecular formula is C21H19FN2O5. The molecule has 3 rings (SSSR count). The average molecular weight is 398 g/mol. The third kappa shape index (κ3) is 4.99. The van der Waals surface area contributed by atoms with Crippen LogP contribution in [0.5, 0.6) is 0 Å². The minimum Gasteiger partial charge on any atom is -0.488 e. The van der Waals surface area contributed by atoms with Gasteiger partial charge in [0.25, 0.3) is 5.91 Å². The predicted molar refractivity (Wildman–Crippen MR) is 101 cm³/mol. The third-order valence-corrected chi connectivity index (χ3v) is 4.24. The van der Waals surface area contributed by atoms with E-state index in [1.54, 1.807) is 24.3 Å². The first-order valence-electron chi connectivity index (χ1n) is 8.77. The van der Waals surface area contributed by atoms with Crippen LogP contribution in [0.1, 0.15) is 11.1 Å². The summed E-state index contributed by atoms with van der Waals surface area (Å²) in [4.78, 5) is 23.9. The van der Waals surface area contributed by atoms with Crippen LogP contribution in [0.2, 0.25) is 0 Å². The van der Waals surface area contributed by atoms with Gasteiger partial charge in [0.1, 0.15) is 18.5 Å². The van der Waals surface area contributed by atoms with Crippen molar-refractivity contribution < 1.29 is 28.9 Å². The van der Waals surface area contributed by atoms with Crippen molar-refractivity contribution in [3.63, 3.8) is 0 Å². The third-order valence-electron chi connectivity index (χ3n) is 4.24. The van der Waals surface area contributed by atoms with Gasteiger partial charge in [-0.15, -0.1) is 0 Å². The smallest absolute Gasteiger partial charge is 0.355 e. The van der Waals surface area contributed by atoms with Crippen LogP contribution in [0.4, 0.5) is 4.39 Å². The Morgan fingerprint density at radius 1 is 1.07 bits per heavy atom. The first-order valence-corrected chi connectivity index (χ1v) is 8.77. The largest absolute Gasteiger partial charge is 0.488 e. The number of carbonyl (C=O) groups is 2. The fourth-order valence-corrected chi connectivity index (χ4v) is 2.71. The molecule has 1 aliphatic rings. The summed E-state index contributed by atoms with van der Waals surface area (Å²) in [6.45, 7) is 0.134. The van der Waals surface area contributed by atoms with E-state index in [1.165, 1.54) is 24.3 Å². The summed E-state index contributed by atoms with van der Waals surface area (Å²) in [5.41, 5.74) is 0.999. The van der Waals surface area contributed by atoms with Crippen LogP contribution >= 0.6 is 0 Å². The molecule has 8 heteroatoms. The zero-order chi connectivity index (χ0) is 20.8. The van der Waals surface area contributed by atoms with E-state index in [2.05, 4.69) is 10.6 Å². The summed E-state index contributed by atoms with van der Waals surface area (Å²) in [6.07, 6.45) is -0.428. The number of hydrogen-bond acceptors (Lipinski definition) is 5. The van der Waals surface area contributed by atoms with Gasteiger partial charge in [0, 0.05) is 12.7 Å². The minimum atomic E-state index is -1.56. The van der Waals surface area contributed by atoms with Crippen LogP contribution < -0.4 is 10.6 Å². The first-order chi connectivity index (χ1) is 14.0. The molecule has 0 saturated heterocycles. The Morgan fingerprint density at radius 3 is 2.41 bits per heavy atom. The lowest BCUT2D eigenvalue weighted by Gasteiger charge is -2.25. The number of halogens is 1. The molecular weight excluding hydrogens is 379 g/mol. The van der Waals surface area contributed by atoms with Gasteiger partial charge in [0.2, 0.25) is 0 Å². The zero-order valence-electron chi connectivity index (χ0n) is 15.3. The zero-order valence-corrected chi connectivity index (χ0v) is 15.3. The van der Waals surface area contributed by atoms with Crippen LogP contribution in [-0.2, 0) is 27.5 Å². The normalized spacial score (nSPS) is 15.9. The molecule has 150 valence electrons. The maximum Gasteiger partial charge on any atom is 0.355 e. The van der Waals surface area contributed by atoms with Crippen molar-refractivity contribution >= 4 is 11.9 Å². The highest BCUT2D eigenvalue weighted by atomic mass is 19.1. The fourth-order valence-electron chi connectivity index (χ4n) is 2.71. The van der Waals surface area contributed by atoms with Crippen LogP contribution in [0, 0.1) is 5.82 Å². The van der Waals surface area contributed by atoms with Crippen LogP contribution in [-0.4, -0.2) is 28.2 Å². The summed E-state index contributed by atoms with van der Waals surface area (Å²) in [5.74, 6) is -2.58. The number of nitrogens with one attached hydrogen (secondary N) is 2. The first kappa shape index (κ1) is 20.1. The number of carboxylic acids is 1. The summed E-state index contributed by atoms with van der Waals surface area (Å²) in [7, 11) is 0. The van der Waals surface area contributed by atoms with Gasteiger partial charge in [-0.3, -0.25) is 4.79 Å². The molecule has 1 amide bonds. The van der Waals surface area contributed by atoms with E-state index in [1.807, 2.05) is 6.07 Å². The van der Waals surface area contributed by atoms with Gasteiger partial charge >= 0.3 is 5.97 Å². The molecule has 0 aromatic heterocycles. The molecule has 0 bridgehead atoms. The lowest BCUT2D eigenvalue weighted by Crippen LogP contribution is -2.38. The molecule has 1 atom stereocenters. The quantitative estimate of drug-likeness (QED) is 0.567. The van der Waals surface area contributed by atoms with Gasteiger partial charge in [-0.05, 0) is 23.3 Å². The lowest BCUT2D eigenvalue weighted by atomic mass is 10.0. The van der Waals surface area contributed by atoms with Crippen molar-refractivity contribution in [2.45, 2.75) is 19.3 Å². The van der Waals surface area contributed by atoms with Gasteiger partial charge in [0.15, 0.2) is 11.5 Å². The highest BCUT2D eigenvalue weighted by molar-refractivity contribution is 5.97. The molecule has 29 heavy (non-hydrogen) atoms. The van der Waals surface area contributed by atoms with E-state index < -0.39 is 18.0 Å². The number of dihydropyridines is 1. The molecule has 7 nitrogen and oxygen atoms in total. The molecule has 2 aromatic rings. The Kier molecular flexibility index (Phi) is 6.25. The summed E-state index contributed by atoms with van der Waals surface area (Å²) >= 11 is 0. The molecule has 4 N–H and O–H groups in total. The van der Waals surface area contributed by atoms with E-state index in [0.717, 1.165) is 11.8 Å². The highest BCUT2D eigenvalue weighted by Gasteiger charge is 2.32. The number of amides is 1. The summed E-state index contributed by atoms with van der Waals surface area (Å²) in [5, 5.41) is 25.0. The molecule has 0 fully saturated rings. The number of carbonyl (C=O) groups excluding carboxylic acids is 1. The lowest BCUT2D eigenvalue weighted by molar-refractivity contribution is -0.133. The standard InChI is InChI=1S/C21H19FN2O5/c22-15-8-6-13(7-9-15)10-24-20(26)16-11-23-17(21(27)28)19(18(16)25)29-12-14-4-2-1-3-5-14/h1-9,11,18,23,25H,10,12H2,(H,24,26)(H,27,28). The molecule has 0 saturated carbocycles. The molecule has 2 aromatic carbocycles. The van der Waals surface area contributed by atoms with Crippen LogP contribution in [0.3, 0.4) is 0 Å². The Bertz CT molecular complexity index is 955. The Hall–Kier alpha value is -3.65. The van der Waals surface area contributed by atoms with Crippen molar-refractivity contribution in [3.05, 3.63) is 94.8 Å².